The molecule has 2 atom stereocenters. The molecule has 4 aromatic rings. The van der Waals surface area contributed by atoms with Crippen LogP contribution in [0.15, 0.2) is 72.8 Å². The molecule has 0 N–H and O–H groups in total. The zero-order valence-corrected chi connectivity index (χ0v) is 26.3. The molecule has 3 aliphatic heterocycles. The summed E-state index contributed by atoms with van der Waals surface area (Å²) in [6, 6.07) is 26.3. The van der Waals surface area contributed by atoms with Crippen LogP contribution < -0.4 is 30.7 Å². The van der Waals surface area contributed by atoms with Crippen LogP contribution in [-0.4, -0.2) is 30.3 Å². The largest absolute Gasteiger partial charge is 0.456 e. The molecule has 0 radical (unpaired) electrons. The van der Waals surface area contributed by atoms with E-state index in [4.69, 9.17) is 18.9 Å². The molecular weight excluding hydrogens is 546 g/mol. The fourth-order valence-corrected chi connectivity index (χ4v) is 11.8. The number of fused-ring (bicyclic) bond motifs is 4. The number of ether oxygens (including phenoxy) is 4. The van der Waals surface area contributed by atoms with Crippen molar-refractivity contribution >= 4 is 37.1 Å². The van der Waals surface area contributed by atoms with Gasteiger partial charge in [-0.25, -0.2) is 0 Å². The molecule has 0 spiro atoms. The maximum absolute atomic E-state index is 6.75. The van der Waals surface area contributed by atoms with Gasteiger partial charge in [0, 0.05) is 33.5 Å². The van der Waals surface area contributed by atoms with E-state index < -0.39 is 21.6 Å². The highest BCUT2D eigenvalue weighted by atomic mass is 31.1. The van der Waals surface area contributed by atoms with Gasteiger partial charge in [0.05, 0.1) is 12.2 Å². The van der Waals surface area contributed by atoms with Crippen LogP contribution in [0.5, 0.6) is 23.0 Å². The molecule has 7 rings (SSSR count). The molecule has 0 amide bonds. The summed E-state index contributed by atoms with van der Waals surface area (Å²) in [7, 11) is -1.40. The van der Waals surface area contributed by atoms with E-state index in [1.807, 2.05) is 0 Å². The van der Waals surface area contributed by atoms with Crippen molar-refractivity contribution < 1.29 is 18.9 Å². The lowest BCUT2D eigenvalue weighted by atomic mass is 10.2. The second-order valence-electron chi connectivity index (χ2n) is 12.0. The van der Waals surface area contributed by atoms with Crippen molar-refractivity contribution in [2.45, 2.75) is 59.5 Å². The number of hydrogen-bond acceptors (Lipinski definition) is 4. The van der Waals surface area contributed by atoms with Crippen LogP contribution in [0.25, 0.3) is 0 Å². The zero-order chi connectivity index (χ0) is 28.5. The number of hydrogen-bond donors (Lipinski definition) is 0. The van der Waals surface area contributed by atoms with Gasteiger partial charge in [-0.1, -0.05) is 46.5 Å². The van der Waals surface area contributed by atoms with Crippen molar-refractivity contribution in [2.24, 2.45) is 0 Å². The molecule has 0 unspecified atom stereocenters. The number of benzene rings is 4. The van der Waals surface area contributed by atoms with Crippen LogP contribution in [0.1, 0.15) is 36.1 Å². The van der Waals surface area contributed by atoms with E-state index >= 15 is 0 Å². The molecule has 0 bridgehead atoms. The first-order valence-corrected chi connectivity index (χ1v) is 17.4. The molecule has 1 saturated heterocycles. The first-order valence-electron chi connectivity index (χ1n) is 14.3. The highest BCUT2D eigenvalue weighted by molar-refractivity contribution is 7.74. The van der Waals surface area contributed by atoms with E-state index in [9.17, 15) is 0 Å². The zero-order valence-electron chi connectivity index (χ0n) is 24.5. The van der Waals surface area contributed by atoms with E-state index in [0.29, 0.717) is 0 Å². The molecule has 4 aromatic carbocycles. The minimum absolute atomic E-state index is 0.0391. The van der Waals surface area contributed by atoms with E-state index in [1.54, 1.807) is 0 Å². The third-order valence-electron chi connectivity index (χ3n) is 8.07. The summed E-state index contributed by atoms with van der Waals surface area (Å²) in [5.41, 5.74) is 5.00. The van der Waals surface area contributed by atoms with Crippen LogP contribution >= 0.6 is 15.8 Å². The normalized spacial score (nSPS) is 20.8. The van der Waals surface area contributed by atoms with Gasteiger partial charge in [-0.15, -0.1) is 0 Å². The molecule has 0 aromatic heterocycles. The van der Waals surface area contributed by atoms with Gasteiger partial charge in [0.15, 0.2) is 5.79 Å². The van der Waals surface area contributed by atoms with E-state index in [0.717, 1.165) is 35.3 Å². The van der Waals surface area contributed by atoms with Gasteiger partial charge in [0.25, 0.3) is 0 Å². The Bertz CT molecular complexity index is 1440. The van der Waals surface area contributed by atoms with Crippen molar-refractivity contribution in [3.63, 3.8) is 0 Å². The van der Waals surface area contributed by atoms with Crippen LogP contribution in [0.3, 0.4) is 0 Å². The Kier molecular flexibility index (Phi) is 6.75. The predicted octanol–water partition coefficient (Wildman–Crippen LogP) is 7.22. The van der Waals surface area contributed by atoms with Gasteiger partial charge in [-0.2, -0.15) is 0 Å². The Morgan fingerprint density at radius 3 is 1.10 bits per heavy atom. The third-order valence-corrected chi connectivity index (χ3v) is 13.2. The molecule has 6 heteroatoms. The van der Waals surface area contributed by atoms with Gasteiger partial charge in [0.2, 0.25) is 0 Å². The van der Waals surface area contributed by atoms with Gasteiger partial charge in [0.1, 0.15) is 23.0 Å². The summed E-state index contributed by atoms with van der Waals surface area (Å²) in [5, 5.41) is 5.18. The second-order valence-corrected chi connectivity index (χ2v) is 16.4. The summed E-state index contributed by atoms with van der Waals surface area (Å²) in [6.45, 7) is 12.8. The van der Waals surface area contributed by atoms with Crippen LogP contribution in [0.2, 0.25) is 0 Å². The lowest BCUT2D eigenvalue weighted by Gasteiger charge is -2.33. The standard InChI is InChI=1S/C35H36O4P2/c1-21-7-11-25-31(15-21)40(32-16-22(2)8-12-26(32)36-25)19-29-30(39-35(5,6)38-29)20-41-33-17-23(3)9-13-27(33)37-28-14-10-24(4)18-34(28)41/h7-18,29-30H,19-20H2,1-6H3/t29-,30-/m0/s1. The number of rotatable bonds is 4. The van der Waals surface area contributed by atoms with E-state index in [1.165, 1.54) is 43.5 Å². The van der Waals surface area contributed by atoms with Crippen molar-refractivity contribution in [3.05, 3.63) is 95.1 Å². The lowest BCUT2D eigenvalue weighted by molar-refractivity contribution is -0.142. The molecule has 3 heterocycles. The minimum atomic E-state index is -0.701. The quantitative estimate of drug-likeness (QED) is 0.238. The van der Waals surface area contributed by atoms with Crippen LogP contribution in [0.4, 0.5) is 0 Å². The average Bonchev–Trinajstić information content (AvgIpc) is 3.22. The monoisotopic (exact) mass is 582 g/mol. The first-order chi connectivity index (χ1) is 19.6. The van der Waals surface area contributed by atoms with E-state index in [2.05, 4.69) is 114 Å². The Morgan fingerprint density at radius 2 is 0.805 bits per heavy atom. The molecular formula is C35H36O4P2. The van der Waals surface area contributed by atoms with Gasteiger partial charge >= 0.3 is 0 Å². The molecule has 0 aliphatic carbocycles. The summed E-state index contributed by atoms with van der Waals surface area (Å²) < 4.78 is 26.3. The first kappa shape index (κ1) is 27.1. The highest BCUT2D eigenvalue weighted by Gasteiger charge is 2.45. The Morgan fingerprint density at radius 1 is 0.512 bits per heavy atom. The van der Waals surface area contributed by atoms with Gasteiger partial charge in [-0.3, -0.25) is 0 Å². The van der Waals surface area contributed by atoms with Crippen molar-refractivity contribution in [1.29, 1.82) is 0 Å². The van der Waals surface area contributed by atoms with Crippen molar-refractivity contribution in [2.75, 3.05) is 12.3 Å². The maximum atomic E-state index is 6.75. The van der Waals surface area contributed by atoms with Gasteiger partial charge < -0.3 is 18.9 Å². The summed E-state index contributed by atoms with van der Waals surface area (Å²) >= 11 is 0. The lowest BCUT2D eigenvalue weighted by Crippen LogP contribution is -2.36. The van der Waals surface area contributed by atoms with Crippen LogP contribution in [0, 0.1) is 27.7 Å². The fourth-order valence-electron chi connectivity index (χ4n) is 6.17. The maximum Gasteiger partial charge on any atom is 0.163 e. The Hall–Kier alpha value is -2.74. The average molecular weight is 583 g/mol. The highest BCUT2D eigenvalue weighted by Crippen LogP contribution is 2.51. The van der Waals surface area contributed by atoms with Crippen LogP contribution in [-0.2, 0) is 9.47 Å². The topological polar surface area (TPSA) is 36.9 Å². The Labute approximate surface area is 245 Å². The Balaban J connectivity index is 1.27. The smallest absolute Gasteiger partial charge is 0.163 e. The molecule has 1 fully saturated rings. The van der Waals surface area contributed by atoms with Crippen molar-refractivity contribution in [1.82, 2.24) is 0 Å². The number of aryl methyl sites for hydroxylation is 4. The van der Waals surface area contributed by atoms with Crippen molar-refractivity contribution in [3.8, 4) is 23.0 Å². The molecule has 41 heavy (non-hydrogen) atoms. The molecule has 210 valence electrons. The summed E-state index contributed by atoms with van der Waals surface area (Å²) in [6.07, 6.45) is 1.70. The fraction of sp³-hybridized carbons (Fsp3) is 0.314. The van der Waals surface area contributed by atoms with Gasteiger partial charge in [-0.05, 0) is 106 Å². The predicted molar refractivity (Wildman–Crippen MR) is 171 cm³/mol. The SMILES string of the molecule is Cc1ccc2c(c1)P(C[C@@H]1OC(C)(C)O[C@H]1CP1c3cc(C)ccc3Oc3ccc(C)cc31)c1cc(C)ccc1O2. The second kappa shape index (κ2) is 10.2. The molecule has 0 saturated carbocycles. The summed E-state index contributed by atoms with van der Waals surface area (Å²) in [5.74, 6) is 3.23. The minimum Gasteiger partial charge on any atom is -0.456 e. The molecule has 3 aliphatic rings. The summed E-state index contributed by atoms with van der Waals surface area (Å²) in [4.78, 5) is 0. The third kappa shape index (κ3) is 5.10. The van der Waals surface area contributed by atoms with E-state index in [-0.39, 0.29) is 12.2 Å². The molecule has 4 nitrogen and oxygen atoms in total.